The molecule has 0 spiro atoms. The van der Waals surface area contributed by atoms with E-state index in [0.29, 0.717) is 0 Å². The minimum atomic E-state index is -2.27. The van der Waals surface area contributed by atoms with E-state index in [2.05, 4.69) is 5.32 Å². The van der Waals surface area contributed by atoms with E-state index in [-0.39, 0.29) is 0 Å². The average molecular weight is 1190 g/mol. The van der Waals surface area contributed by atoms with Gasteiger partial charge >= 0.3 is 0 Å². The second-order valence-corrected chi connectivity index (χ2v) is 20.4. The lowest BCUT2D eigenvalue weighted by Crippen LogP contribution is -2.68. The number of hydrogen-bond acceptors (Lipinski definition) is 36. The molecule has 0 aromatic heterocycles. The maximum atomic E-state index is 12.0. The first-order chi connectivity index (χ1) is 38.3. The molecule has 472 valence electrons. The Kier molecular flexibility index (Phi) is 23.6. The zero-order valence-corrected chi connectivity index (χ0v) is 42.7. The van der Waals surface area contributed by atoms with Gasteiger partial charge in [0.25, 0.3) is 0 Å². The van der Waals surface area contributed by atoms with E-state index in [0.717, 1.165) is 6.92 Å². The molecule has 7 heterocycles. The summed E-state index contributed by atoms with van der Waals surface area (Å²) in [6.45, 7) is -5.51. The van der Waals surface area contributed by atoms with Crippen LogP contribution in [0.2, 0.25) is 0 Å². The van der Waals surface area contributed by atoms with E-state index in [1.165, 1.54) is 0 Å². The van der Waals surface area contributed by atoms with E-state index in [1.807, 2.05) is 0 Å². The molecule has 23 N–H and O–H groups in total. The first-order valence-corrected chi connectivity index (χ1v) is 25.6. The van der Waals surface area contributed by atoms with Crippen LogP contribution in [0.25, 0.3) is 0 Å². The Morgan fingerprint density at radius 2 is 0.605 bits per heavy atom. The Balaban J connectivity index is 1.13. The van der Waals surface area contributed by atoms with Crippen LogP contribution < -0.4 is 5.32 Å². The van der Waals surface area contributed by atoms with Gasteiger partial charge in [-0.2, -0.15) is 0 Å². The largest absolute Gasteiger partial charge is 0.394 e. The Labute approximate surface area is 457 Å². The molecule has 7 fully saturated rings. The van der Waals surface area contributed by atoms with Crippen molar-refractivity contribution < 1.29 is 179 Å². The molecule has 0 saturated carbocycles. The van der Waals surface area contributed by atoms with Crippen molar-refractivity contribution >= 4 is 5.91 Å². The quantitative estimate of drug-likeness (QED) is 0.0538. The van der Waals surface area contributed by atoms with E-state index in [1.54, 1.807) is 0 Å². The predicted octanol–water partition coefficient (Wildman–Crippen LogP) is -16.1. The molecular formula is C44H75NO36. The van der Waals surface area contributed by atoms with Crippen LogP contribution >= 0.6 is 0 Å². The summed E-state index contributed by atoms with van der Waals surface area (Å²) in [5.41, 5.74) is 0. The summed E-state index contributed by atoms with van der Waals surface area (Å²) in [7, 11) is 0. The smallest absolute Gasteiger partial charge is 0.217 e. The summed E-state index contributed by atoms with van der Waals surface area (Å²) >= 11 is 0. The Morgan fingerprint density at radius 3 is 0.988 bits per heavy atom. The van der Waals surface area contributed by atoms with E-state index >= 15 is 0 Å². The van der Waals surface area contributed by atoms with Crippen LogP contribution in [0.5, 0.6) is 0 Å². The van der Waals surface area contributed by atoms with Crippen LogP contribution in [0.1, 0.15) is 6.92 Å². The first-order valence-electron chi connectivity index (χ1n) is 25.6. The van der Waals surface area contributed by atoms with Gasteiger partial charge in [-0.15, -0.1) is 0 Å². The lowest BCUT2D eigenvalue weighted by molar-refractivity contribution is -0.385. The number of aliphatic hydroxyl groups excluding tert-OH is 22. The minimum absolute atomic E-state index is 0.773. The number of aliphatic hydroxyl groups is 22. The van der Waals surface area contributed by atoms with Gasteiger partial charge in [0, 0.05) is 6.92 Å². The Bertz CT molecular complexity index is 1940. The molecule has 35 atom stereocenters. The van der Waals surface area contributed by atoms with E-state index < -0.39 is 267 Å². The van der Waals surface area contributed by atoms with Crippen LogP contribution in [0.3, 0.4) is 0 Å². The fraction of sp³-hybridized carbons (Fsp3) is 0.977. The highest BCUT2D eigenvalue weighted by Crippen LogP contribution is 2.36. The first kappa shape index (κ1) is 66.6. The van der Waals surface area contributed by atoms with Crippen LogP contribution in [0.15, 0.2) is 0 Å². The number of carbonyl (C=O) groups is 1. The van der Waals surface area contributed by atoms with Crippen LogP contribution in [0, 0.1) is 0 Å². The molecule has 7 aliphatic rings. The molecule has 0 bridgehead atoms. The Hall–Kier alpha value is -1.93. The molecule has 1 amide bonds. The third kappa shape index (κ3) is 14.4. The van der Waals surface area contributed by atoms with E-state index in [9.17, 15) is 117 Å². The predicted molar refractivity (Wildman–Crippen MR) is 243 cm³/mol. The van der Waals surface area contributed by atoms with Gasteiger partial charge in [0.05, 0.1) is 46.2 Å². The van der Waals surface area contributed by atoms with Gasteiger partial charge in [0.1, 0.15) is 171 Å². The SMILES string of the molecule is CC(=O)N[C@@H]1[C@@H](O)[C@H](O[C@@H]2O[C@H](CO[C@H]3O[C@H](CO[C@H]4O[C@H](CO[C@H]5O[C@H](CO)[C@@H](O)[C@H](O)[C@@H]5O)[C@@H](O)[C@H](O)[C@@H]4O)[C@@H](O)[C@H](O[C@H]4O[C@H](CO)[C@@H](O)[C@H](O)[C@@H]4O)[C@@H]3O)[C@@H](O)[C@H](O[C@H]3O[C@H](CO)[C@@H](O)[C@H](O)[C@@H]3O)[C@@H]2O)[C@@H](CO)O[C@H]1O. The van der Waals surface area contributed by atoms with Crippen molar-refractivity contribution in [3.8, 4) is 0 Å². The van der Waals surface area contributed by atoms with Crippen molar-refractivity contribution in [3.63, 3.8) is 0 Å². The molecule has 0 aromatic rings. The molecule has 0 aromatic carbocycles. The molecule has 7 saturated heterocycles. The van der Waals surface area contributed by atoms with E-state index in [4.69, 9.17) is 61.6 Å². The topological polar surface area (TPSA) is 594 Å². The molecular weight excluding hydrogens is 1120 g/mol. The van der Waals surface area contributed by atoms with Crippen LogP contribution in [-0.4, -0.2) is 379 Å². The molecule has 0 unspecified atom stereocenters. The summed E-state index contributed by atoms with van der Waals surface area (Å²) in [4.78, 5) is 12.0. The van der Waals surface area contributed by atoms with Crippen molar-refractivity contribution in [2.24, 2.45) is 0 Å². The third-order valence-electron chi connectivity index (χ3n) is 14.9. The number of rotatable bonds is 20. The third-order valence-corrected chi connectivity index (χ3v) is 14.9. The standard InChI is InChI=1S/C44H75NO36/c1-9(50)45-17-24(57)35(13(5-49)72-38(17)68)79-44-34(67)37(81-43-32(65)27(60)20(53)12(4-48)75-43)23(56)16(78-44)8-71-41-33(66)36(80-42-31(64)26(59)19(52)11(3-47)74-42)22(55)15(77-41)7-70-40-30(63)28(61)21(54)14(76-40)6-69-39-29(62)25(58)18(51)10(2-46)73-39/h10-44,46-49,51-68H,2-8H2,1H3,(H,45,50)/t10-,11-,12-,13-,14-,15-,16-,17-,18-,19-,20-,21-,22-,23-,24-,25+,26+,27+,28+,29+,30+,31+,32+,33+,34+,35-,36+,37+,38-,39+,40+,41+,42-,43-,44+/m1/s1. The molecule has 81 heavy (non-hydrogen) atoms. The fourth-order valence-corrected chi connectivity index (χ4v) is 10.1. The molecule has 0 radical (unpaired) electrons. The monoisotopic (exact) mass is 1190 g/mol. The summed E-state index contributed by atoms with van der Waals surface area (Å²) < 4.78 is 73.2. The van der Waals surface area contributed by atoms with Gasteiger partial charge in [-0.25, -0.2) is 0 Å². The average Bonchev–Trinajstić information content (AvgIpc) is 3.54. The summed E-state index contributed by atoms with van der Waals surface area (Å²) in [5, 5.41) is 237. The van der Waals surface area contributed by atoms with Crippen molar-refractivity contribution in [2.75, 3.05) is 46.2 Å². The molecule has 37 heteroatoms. The van der Waals surface area contributed by atoms with Gasteiger partial charge in [-0.1, -0.05) is 0 Å². The maximum Gasteiger partial charge on any atom is 0.217 e. The maximum absolute atomic E-state index is 12.0. The van der Waals surface area contributed by atoms with Gasteiger partial charge in [0.2, 0.25) is 5.91 Å². The highest BCUT2D eigenvalue weighted by atomic mass is 16.8. The van der Waals surface area contributed by atoms with Gasteiger partial charge in [-0.3, -0.25) is 4.79 Å². The number of carbonyl (C=O) groups excluding carboxylic acids is 1. The minimum Gasteiger partial charge on any atom is -0.394 e. The summed E-state index contributed by atoms with van der Waals surface area (Å²) in [6.07, 6.45) is -66.6. The number of nitrogens with one attached hydrogen (secondary N) is 1. The Morgan fingerprint density at radius 1 is 0.321 bits per heavy atom. The molecule has 7 rings (SSSR count). The highest BCUT2D eigenvalue weighted by molar-refractivity contribution is 5.73. The van der Waals surface area contributed by atoms with Crippen molar-refractivity contribution in [1.29, 1.82) is 0 Å². The fourth-order valence-electron chi connectivity index (χ4n) is 10.1. The van der Waals surface area contributed by atoms with Crippen LogP contribution in [0.4, 0.5) is 0 Å². The molecule has 37 nitrogen and oxygen atoms in total. The van der Waals surface area contributed by atoms with Crippen molar-refractivity contribution in [1.82, 2.24) is 5.32 Å². The number of amides is 1. The van der Waals surface area contributed by atoms with Crippen molar-refractivity contribution in [2.45, 2.75) is 222 Å². The number of hydrogen-bond donors (Lipinski definition) is 23. The molecule has 7 aliphatic heterocycles. The zero-order chi connectivity index (χ0) is 59.6. The van der Waals surface area contributed by atoms with Gasteiger partial charge in [-0.05, 0) is 0 Å². The lowest BCUT2D eigenvalue weighted by atomic mass is 9.95. The zero-order valence-electron chi connectivity index (χ0n) is 42.7. The van der Waals surface area contributed by atoms with Crippen LogP contribution in [-0.2, 0) is 66.4 Å². The second-order valence-electron chi connectivity index (χ2n) is 20.4. The number of ether oxygens (including phenoxy) is 13. The molecule has 0 aliphatic carbocycles. The lowest BCUT2D eigenvalue weighted by Gasteiger charge is -2.49. The summed E-state index contributed by atoms with van der Waals surface area (Å²) in [5.74, 6) is -0.773. The normalized spacial score (nSPS) is 51.9. The van der Waals surface area contributed by atoms with Gasteiger partial charge < -0.3 is 179 Å². The summed E-state index contributed by atoms with van der Waals surface area (Å²) in [6, 6.07) is -1.64. The van der Waals surface area contributed by atoms with Gasteiger partial charge in [0.15, 0.2) is 44.0 Å². The van der Waals surface area contributed by atoms with Crippen molar-refractivity contribution in [3.05, 3.63) is 0 Å². The highest BCUT2D eigenvalue weighted by Gasteiger charge is 2.57. The second kappa shape index (κ2) is 28.7.